The van der Waals surface area contributed by atoms with Gasteiger partial charge in [-0.15, -0.1) is 0 Å². The van der Waals surface area contributed by atoms with Crippen LogP contribution in [0.1, 0.15) is 37.8 Å². The van der Waals surface area contributed by atoms with E-state index in [2.05, 4.69) is 11.9 Å². The minimum Gasteiger partial charge on any atom is -0.377 e. The van der Waals surface area contributed by atoms with E-state index in [-0.39, 0.29) is 24.0 Å². The molecular weight excluding hydrogens is 255 g/mol. The average Bonchev–Trinajstić information content (AvgIpc) is 2.42. The van der Waals surface area contributed by atoms with Crippen LogP contribution in [-0.2, 0) is 4.74 Å². The fourth-order valence-electron chi connectivity index (χ4n) is 3.01. The van der Waals surface area contributed by atoms with Gasteiger partial charge in [-0.3, -0.25) is 4.90 Å². The smallest absolute Gasteiger partial charge is 0.123 e. The highest BCUT2D eigenvalue weighted by Gasteiger charge is 2.24. The molecular formula is C16H25FN2O. The summed E-state index contributed by atoms with van der Waals surface area (Å²) >= 11 is 0. The summed E-state index contributed by atoms with van der Waals surface area (Å²) in [5.74, 6) is -0.213. The van der Waals surface area contributed by atoms with Crippen LogP contribution in [0.15, 0.2) is 24.3 Å². The Kier molecular flexibility index (Phi) is 5.52. The molecule has 3 unspecified atom stereocenters. The van der Waals surface area contributed by atoms with Crippen LogP contribution >= 0.6 is 0 Å². The third-order valence-electron chi connectivity index (χ3n) is 3.95. The summed E-state index contributed by atoms with van der Waals surface area (Å²) in [5.41, 5.74) is 7.19. The molecule has 1 saturated heterocycles. The third-order valence-corrected chi connectivity index (χ3v) is 3.95. The van der Waals surface area contributed by atoms with Gasteiger partial charge >= 0.3 is 0 Å². The average molecular weight is 280 g/mol. The van der Waals surface area contributed by atoms with Gasteiger partial charge in [0, 0.05) is 25.2 Å². The van der Waals surface area contributed by atoms with Crippen molar-refractivity contribution in [3.63, 3.8) is 0 Å². The molecule has 0 spiro atoms. The van der Waals surface area contributed by atoms with Crippen LogP contribution in [0, 0.1) is 5.82 Å². The first-order valence-corrected chi connectivity index (χ1v) is 7.41. The molecule has 20 heavy (non-hydrogen) atoms. The van der Waals surface area contributed by atoms with Gasteiger partial charge in [0.25, 0.3) is 0 Å². The maximum atomic E-state index is 13.1. The summed E-state index contributed by atoms with van der Waals surface area (Å²) in [6.07, 6.45) is 3.79. The maximum Gasteiger partial charge on any atom is 0.123 e. The van der Waals surface area contributed by atoms with Gasteiger partial charge in [-0.2, -0.15) is 0 Å². The van der Waals surface area contributed by atoms with Crippen LogP contribution in [0.5, 0.6) is 0 Å². The first-order valence-electron chi connectivity index (χ1n) is 7.41. The fraction of sp³-hybridized carbons (Fsp3) is 0.625. The van der Waals surface area contributed by atoms with Crippen molar-refractivity contribution < 1.29 is 9.13 Å². The van der Waals surface area contributed by atoms with Crippen LogP contribution in [0.2, 0.25) is 0 Å². The molecule has 2 N–H and O–H groups in total. The zero-order chi connectivity index (χ0) is 14.5. The van der Waals surface area contributed by atoms with Crippen molar-refractivity contribution in [1.29, 1.82) is 0 Å². The summed E-state index contributed by atoms with van der Waals surface area (Å²) in [7, 11) is 2.06. The molecule has 112 valence electrons. The number of likely N-dealkylation sites (N-methyl/N-ethyl adjacent to an activating group) is 1. The van der Waals surface area contributed by atoms with Crippen molar-refractivity contribution in [1.82, 2.24) is 4.90 Å². The van der Waals surface area contributed by atoms with E-state index in [1.165, 1.54) is 18.6 Å². The van der Waals surface area contributed by atoms with Crippen LogP contribution < -0.4 is 5.73 Å². The molecule has 0 aliphatic carbocycles. The molecule has 0 aromatic heterocycles. The topological polar surface area (TPSA) is 38.5 Å². The van der Waals surface area contributed by atoms with E-state index < -0.39 is 0 Å². The molecule has 0 bridgehead atoms. The number of hydrogen-bond acceptors (Lipinski definition) is 3. The summed E-state index contributed by atoms with van der Waals surface area (Å²) in [5, 5.41) is 0. The number of nitrogens with two attached hydrogens (primary N) is 1. The lowest BCUT2D eigenvalue weighted by molar-refractivity contribution is -0.00986. The molecule has 0 saturated carbocycles. The van der Waals surface area contributed by atoms with E-state index >= 15 is 0 Å². The van der Waals surface area contributed by atoms with E-state index in [9.17, 15) is 4.39 Å². The first kappa shape index (κ1) is 15.4. The largest absolute Gasteiger partial charge is 0.377 e. The first-order chi connectivity index (χ1) is 9.58. The zero-order valence-corrected chi connectivity index (χ0v) is 12.4. The molecule has 1 aliphatic heterocycles. The van der Waals surface area contributed by atoms with Crippen molar-refractivity contribution in [3.8, 4) is 0 Å². The Labute approximate surface area is 120 Å². The van der Waals surface area contributed by atoms with Gasteiger partial charge in [0.1, 0.15) is 5.82 Å². The van der Waals surface area contributed by atoms with Crippen molar-refractivity contribution >= 4 is 0 Å². The van der Waals surface area contributed by atoms with Crippen molar-refractivity contribution in [2.45, 2.75) is 44.4 Å². The Morgan fingerprint density at radius 3 is 2.60 bits per heavy atom. The molecule has 1 aromatic carbocycles. The van der Waals surface area contributed by atoms with Crippen LogP contribution in [0.25, 0.3) is 0 Å². The summed E-state index contributed by atoms with van der Waals surface area (Å²) in [4.78, 5) is 2.23. The predicted octanol–water partition coefficient (Wildman–Crippen LogP) is 2.71. The van der Waals surface area contributed by atoms with Gasteiger partial charge in [0.05, 0.1) is 6.10 Å². The number of ether oxygens (including phenoxy) is 1. The lowest BCUT2D eigenvalue weighted by Gasteiger charge is -2.35. The van der Waals surface area contributed by atoms with Crippen LogP contribution in [-0.4, -0.2) is 37.2 Å². The Morgan fingerprint density at radius 1 is 1.35 bits per heavy atom. The second-order valence-corrected chi connectivity index (χ2v) is 5.78. The lowest BCUT2D eigenvalue weighted by atomic mass is 9.98. The van der Waals surface area contributed by atoms with Gasteiger partial charge in [-0.05, 0) is 50.9 Å². The predicted molar refractivity (Wildman–Crippen MR) is 79.0 cm³/mol. The zero-order valence-electron chi connectivity index (χ0n) is 12.4. The van der Waals surface area contributed by atoms with E-state index in [0.717, 1.165) is 31.6 Å². The molecule has 1 aromatic rings. The number of hydrogen-bond donors (Lipinski definition) is 1. The number of benzene rings is 1. The molecule has 0 amide bonds. The molecule has 3 atom stereocenters. The van der Waals surface area contributed by atoms with Gasteiger partial charge in [-0.1, -0.05) is 12.1 Å². The number of nitrogens with zero attached hydrogens (tertiary/aromatic N) is 1. The minimum atomic E-state index is -0.213. The molecule has 1 aliphatic rings. The Morgan fingerprint density at radius 2 is 2.05 bits per heavy atom. The van der Waals surface area contributed by atoms with Crippen molar-refractivity contribution in [2.75, 3.05) is 20.2 Å². The van der Waals surface area contributed by atoms with E-state index in [1.807, 2.05) is 19.1 Å². The SMILES string of the molecule is CC(N)C(c1ccc(F)cc1)N(C)CC1CCCCO1. The van der Waals surface area contributed by atoms with E-state index in [0.29, 0.717) is 0 Å². The standard InChI is InChI=1S/C16H25FN2O/c1-12(18)16(13-6-8-14(17)9-7-13)19(2)11-15-5-3-4-10-20-15/h6-9,12,15-16H,3-5,10-11,18H2,1-2H3. The lowest BCUT2D eigenvalue weighted by Crippen LogP contribution is -2.42. The van der Waals surface area contributed by atoms with E-state index in [1.54, 1.807) is 0 Å². The summed E-state index contributed by atoms with van der Waals surface area (Å²) in [6, 6.07) is 6.70. The maximum absolute atomic E-state index is 13.1. The Hall–Kier alpha value is -0.970. The Balaban J connectivity index is 2.05. The summed E-state index contributed by atoms with van der Waals surface area (Å²) < 4.78 is 18.9. The number of halogens is 1. The molecule has 2 rings (SSSR count). The highest BCUT2D eigenvalue weighted by atomic mass is 19.1. The Bertz CT molecular complexity index is 401. The highest BCUT2D eigenvalue weighted by molar-refractivity contribution is 5.21. The third kappa shape index (κ3) is 4.01. The normalized spacial score (nSPS) is 22.8. The molecule has 4 heteroatoms. The van der Waals surface area contributed by atoms with Gasteiger partial charge < -0.3 is 10.5 Å². The second-order valence-electron chi connectivity index (χ2n) is 5.78. The second kappa shape index (κ2) is 7.16. The van der Waals surface area contributed by atoms with Crippen LogP contribution in [0.4, 0.5) is 4.39 Å². The molecule has 0 radical (unpaired) electrons. The minimum absolute atomic E-state index is 0.0194. The van der Waals surface area contributed by atoms with Crippen LogP contribution in [0.3, 0.4) is 0 Å². The van der Waals surface area contributed by atoms with Gasteiger partial charge in [0.15, 0.2) is 0 Å². The van der Waals surface area contributed by atoms with E-state index in [4.69, 9.17) is 10.5 Å². The highest BCUT2D eigenvalue weighted by Crippen LogP contribution is 2.24. The monoisotopic (exact) mass is 280 g/mol. The van der Waals surface area contributed by atoms with Crippen molar-refractivity contribution in [3.05, 3.63) is 35.6 Å². The molecule has 1 heterocycles. The van der Waals surface area contributed by atoms with Gasteiger partial charge in [-0.25, -0.2) is 4.39 Å². The quantitative estimate of drug-likeness (QED) is 0.901. The van der Waals surface area contributed by atoms with Crippen molar-refractivity contribution in [2.24, 2.45) is 5.73 Å². The molecule has 1 fully saturated rings. The fourth-order valence-corrected chi connectivity index (χ4v) is 3.01. The summed E-state index contributed by atoms with van der Waals surface area (Å²) in [6.45, 7) is 3.72. The number of rotatable bonds is 5. The molecule has 3 nitrogen and oxygen atoms in total. The van der Waals surface area contributed by atoms with Gasteiger partial charge in [0.2, 0.25) is 0 Å².